The first-order valence-corrected chi connectivity index (χ1v) is 12.3. The van der Waals surface area contributed by atoms with E-state index in [4.69, 9.17) is 9.97 Å². The van der Waals surface area contributed by atoms with Crippen molar-refractivity contribution >= 4 is 22.5 Å². The maximum atomic E-state index is 13.7. The molecule has 1 N–H and O–H groups in total. The monoisotopic (exact) mass is 468 g/mol. The minimum absolute atomic E-state index is 0.124. The highest BCUT2D eigenvalue weighted by Crippen LogP contribution is 2.32. The van der Waals surface area contributed by atoms with Gasteiger partial charge in [-0.15, -0.1) is 0 Å². The molecule has 0 aliphatic carbocycles. The van der Waals surface area contributed by atoms with E-state index in [0.29, 0.717) is 18.1 Å². The van der Waals surface area contributed by atoms with Crippen LogP contribution in [0.15, 0.2) is 36.5 Å². The number of benzene rings is 2. The summed E-state index contributed by atoms with van der Waals surface area (Å²) in [5.74, 6) is 0.451. The molecular formula is C28H32N6O. The maximum Gasteiger partial charge on any atom is 0.273 e. The summed E-state index contributed by atoms with van der Waals surface area (Å²) in [5, 5.41) is 8.72. The number of carbonyl (C=O) groups excluding carboxylic acids is 1. The molecule has 0 atom stereocenters. The topological polar surface area (TPSA) is 75.9 Å². The average molecular weight is 469 g/mol. The molecule has 1 aliphatic heterocycles. The molecule has 0 unspecified atom stereocenters. The Labute approximate surface area is 206 Å². The van der Waals surface area contributed by atoms with E-state index in [2.05, 4.69) is 36.4 Å². The van der Waals surface area contributed by atoms with Crippen molar-refractivity contribution in [3.05, 3.63) is 70.2 Å². The predicted molar refractivity (Wildman–Crippen MR) is 140 cm³/mol. The van der Waals surface area contributed by atoms with Crippen molar-refractivity contribution < 1.29 is 4.79 Å². The van der Waals surface area contributed by atoms with E-state index in [9.17, 15) is 4.79 Å². The van der Waals surface area contributed by atoms with Crippen molar-refractivity contribution in [2.24, 2.45) is 0 Å². The van der Waals surface area contributed by atoms with Gasteiger partial charge in [-0.05, 0) is 75.9 Å². The molecule has 2 aromatic carbocycles. The number of nitrogens with one attached hydrogen (secondary N) is 1. The Morgan fingerprint density at radius 3 is 2.74 bits per heavy atom. The summed E-state index contributed by atoms with van der Waals surface area (Å²) >= 11 is 0. The van der Waals surface area contributed by atoms with Crippen molar-refractivity contribution in [2.45, 2.75) is 53.6 Å². The molecular weight excluding hydrogens is 436 g/mol. The highest BCUT2D eigenvalue weighted by atomic mass is 16.2. The lowest BCUT2D eigenvalue weighted by Gasteiger charge is -2.21. The van der Waals surface area contributed by atoms with E-state index >= 15 is 0 Å². The highest BCUT2D eigenvalue weighted by molar-refractivity contribution is 6.05. The van der Waals surface area contributed by atoms with Crippen LogP contribution >= 0.6 is 0 Å². The number of rotatable bonds is 5. The first kappa shape index (κ1) is 23.0. The first-order chi connectivity index (χ1) is 16.9. The molecule has 0 spiro atoms. The molecule has 4 aromatic rings. The van der Waals surface area contributed by atoms with Gasteiger partial charge in [0.15, 0.2) is 5.82 Å². The zero-order valence-electron chi connectivity index (χ0n) is 21.1. The van der Waals surface area contributed by atoms with Gasteiger partial charge in [0.1, 0.15) is 5.69 Å². The molecule has 1 amide bonds. The summed E-state index contributed by atoms with van der Waals surface area (Å²) < 4.78 is 1.95. The van der Waals surface area contributed by atoms with Gasteiger partial charge in [-0.2, -0.15) is 5.10 Å². The van der Waals surface area contributed by atoms with Crippen LogP contribution in [-0.4, -0.2) is 44.1 Å². The number of fused-ring (bicyclic) bond motifs is 2. The van der Waals surface area contributed by atoms with Gasteiger partial charge in [-0.1, -0.05) is 11.6 Å². The van der Waals surface area contributed by atoms with Crippen molar-refractivity contribution in [3.8, 4) is 11.4 Å². The second-order valence-electron chi connectivity index (χ2n) is 9.50. The zero-order chi connectivity index (χ0) is 24.7. The van der Waals surface area contributed by atoms with E-state index in [-0.39, 0.29) is 5.91 Å². The zero-order valence-corrected chi connectivity index (χ0v) is 21.1. The molecule has 7 heteroatoms. The third-order valence-electron chi connectivity index (χ3n) is 6.96. The van der Waals surface area contributed by atoms with Crippen LogP contribution in [0.25, 0.3) is 22.3 Å². The number of amides is 1. The van der Waals surface area contributed by atoms with Gasteiger partial charge in [0, 0.05) is 54.6 Å². The van der Waals surface area contributed by atoms with E-state index in [1.54, 1.807) is 4.90 Å². The largest absolute Gasteiger partial charge is 0.385 e. The van der Waals surface area contributed by atoms with Gasteiger partial charge >= 0.3 is 0 Å². The van der Waals surface area contributed by atoms with Gasteiger partial charge < -0.3 is 10.2 Å². The van der Waals surface area contributed by atoms with Crippen LogP contribution in [0.1, 0.15) is 51.8 Å². The fourth-order valence-electron chi connectivity index (χ4n) is 4.93. The summed E-state index contributed by atoms with van der Waals surface area (Å²) in [4.78, 5) is 25.2. The summed E-state index contributed by atoms with van der Waals surface area (Å²) in [6, 6.07) is 10.3. The number of aromatic nitrogens is 4. The second-order valence-corrected chi connectivity index (χ2v) is 9.50. The molecule has 180 valence electrons. The quantitative estimate of drug-likeness (QED) is 0.443. The Morgan fingerprint density at radius 1 is 1.14 bits per heavy atom. The Balaban J connectivity index is 1.58. The van der Waals surface area contributed by atoms with Crippen LogP contribution in [0.2, 0.25) is 0 Å². The van der Waals surface area contributed by atoms with Crippen LogP contribution in [0, 0.1) is 20.8 Å². The number of aryl methyl sites for hydroxylation is 3. The van der Waals surface area contributed by atoms with E-state index in [1.165, 1.54) is 11.1 Å². The summed E-state index contributed by atoms with van der Waals surface area (Å²) in [7, 11) is 1.82. The predicted octanol–water partition coefficient (Wildman–Crippen LogP) is 5.07. The van der Waals surface area contributed by atoms with Crippen molar-refractivity contribution in [3.63, 3.8) is 0 Å². The fraction of sp³-hybridized carbons (Fsp3) is 0.357. The van der Waals surface area contributed by atoms with Gasteiger partial charge in [0.05, 0.1) is 11.7 Å². The van der Waals surface area contributed by atoms with Crippen LogP contribution in [0.4, 0.5) is 5.69 Å². The van der Waals surface area contributed by atoms with Crippen molar-refractivity contribution in [2.75, 3.05) is 18.9 Å². The minimum Gasteiger partial charge on any atom is -0.385 e. The maximum absolute atomic E-state index is 13.7. The lowest BCUT2D eigenvalue weighted by atomic mass is 9.95. The first-order valence-electron chi connectivity index (χ1n) is 12.3. The molecule has 3 heterocycles. The lowest BCUT2D eigenvalue weighted by molar-refractivity contribution is 0.0781. The SMILES string of the molecule is CCn1ncc(CN(C)C(=O)c2nc(-c3cc(C)c4c(c3)NCCC4)nc3ccc(C)cc23)c1C. The molecule has 1 aliphatic rings. The smallest absolute Gasteiger partial charge is 0.273 e. The molecule has 35 heavy (non-hydrogen) atoms. The Hall–Kier alpha value is -3.74. The van der Waals surface area contributed by atoms with Crippen LogP contribution in [0.5, 0.6) is 0 Å². The molecule has 7 nitrogen and oxygen atoms in total. The van der Waals surface area contributed by atoms with Gasteiger partial charge in [0.25, 0.3) is 5.91 Å². The molecule has 0 saturated carbocycles. The van der Waals surface area contributed by atoms with Crippen LogP contribution < -0.4 is 5.32 Å². The highest BCUT2D eigenvalue weighted by Gasteiger charge is 2.22. The molecule has 5 rings (SSSR count). The summed E-state index contributed by atoms with van der Waals surface area (Å²) in [6.07, 6.45) is 4.06. The molecule has 2 aromatic heterocycles. The normalized spacial score (nSPS) is 12.9. The van der Waals surface area contributed by atoms with Gasteiger partial charge in [-0.25, -0.2) is 9.97 Å². The number of hydrogen-bond acceptors (Lipinski definition) is 5. The second kappa shape index (κ2) is 9.13. The van der Waals surface area contributed by atoms with Crippen molar-refractivity contribution in [1.29, 1.82) is 0 Å². The standard InChI is InChI=1S/C28H32N6O/c1-6-34-19(4)21(15-30-34)16-33(5)28(35)26-23-12-17(2)9-10-24(23)31-27(32-26)20-13-18(3)22-8-7-11-29-25(22)14-20/h9-10,12-15,29H,6-8,11,16H2,1-5H3. The third kappa shape index (κ3) is 4.27. The fourth-order valence-corrected chi connectivity index (χ4v) is 4.93. The van der Waals surface area contributed by atoms with E-state index in [1.807, 2.05) is 50.0 Å². The third-order valence-corrected chi connectivity index (χ3v) is 6.96. The van der Waals surface area contributed by atoms with E-state index in [0.717, 1.165) is 64.9 Å². The number of hydrogen-bond donors (Lipinski definition) is 1. The van der Waals surface area contributed by atoms with Crippen LogP contribution in [0.3, 0.4) is 0 Å². The Kier molecular flexibility index (Phi) is 6.01. The van der Waals surface area contributed by atoms with E-state index < -0.39 is 0 Å². The Bertz CT molecular complexity index is 1440. The van der Waals surface area contributed by atoms with Gasteiger partial charge in [0.2, 0.25) is 0 Å². The van der Waals surface area contributed by atoms with Crippen LogP contribution in [-0.2, 0) is 19.5 Å². The molecule has 0 saturated heterocycles. The lowest BCUT2D eigenvalue weighted by Crippen LogP contribution is -2.28. The molecule has 0 fully saturated rings. The van der Waals surface area contributed by atoms with Gasteiger partial charge in [-0.3, -0.25) is 9.48 Å². The number of carbonyl (C=O) groups is 1. The Morgan fingerprint density at radius 2 is 1.97 bits per heavy atom. The molecule has 0 bridgehead atoms. The van der Waals surface area contributed by atoms with Crippen molar-refractivity contribution in [1.82, 2.24) is 24.6 Å². The summed E-state index contributed by atoms with van der Waals surface area (Å²) in [5.41, 5.74) is 9.04. The summed E-state index contributed by atoms with van der Waals surface area (Å²) in [6.45, 7) is 10.5. The number of anilines is 1. The molecule has 0 radical (unpaired) electrons. The number of nitrogens with zero attached hydrogens (tertiary/aromatic N) is 5. The minimum atomic E-state index is -0.124. The average Bonchev–Trinajstić information content (AvgIpc) is 3.21.